The van der Waals surface area contributed by atoms with Gasteiger partial charge < -0.3 is 14.6 Å². The summed E-state index contributed by atoms with van der Waals surface area (Å²) in [6, 6.07) is 10.4. The monoisotopic (exact) mass is 486 g/mol. The third kappa shape index (κ3) is 4.10. The van der Waals surface area contributed by atoms with E-state index in [1.165, 1.54) is 0 Å². The lowest BCUT2D eigenvalue weighted by molar-refractivity contribution is 0.119. The maximum atomic E-state index is 12.8. The first-order chi connectivity index (χ1) is 17.3. The molecule has 0 saturated carbocycles. The summed E-state index contributed by atoms with van der Waals surface area (Å²) < 4.78 is 3.17. The molecule has 1 aromatic carbocycles. The van der Waals surface area contributed by atoms with Gasteiger partial charge in [-0.25, -0.2) is 4.98 Å². The van der Waals surface area contributed by atoms with E-state index in [2.05, 4.69) is 63.8 Å². The number of anilines is 1. The average molecular weight is 487 g/mol. The van der Waals surface area contributed by atoms with Gasteiger partial charge in [-0.3, -0.25) is 19.4 Å². The highest BCUT2D eigenvalue weighted by atomic mass is 16.3. The van der Waals surface area contributed by atoms with E-state index in [4.69, 9.17) is 5.26 Å². The Hall–Kier alpha value is -3.81. The number of rotatable bonds is 5. The van der Waals surface area contributed by atoms with Crippen LogP contribution >= 0.6 is 0 Å². The second-order valence-electron chi connectivity index (χ2n) is 9.64. The lowest BCUT2D eigenvalue weighted by Gasteiger charge is -2.47. The van der Waals surface area contributed by atoms with Crippen molar-refractivity contribution in [3.8, 4) is 6.07 Å². The summed E-state index contributed by atoms with van der Waals surface area (Å²) in [5.41, 5.74) is 5.47. The molecular formula is C26H30N8O2. The van der Waals surface area contributed by atoms with Crippen molar-refractivity contribution in [2.75, 3.05) is 18.0 Å². The fraction of sp³-hybridized carbons (Fsp3) is 0.423. The first-order valence-electron chi connectivity index (χ1n) is 12.1. The number of piperazine rings is 1. The van der Waals surface area contributed by atoms with Crippen LogP contribution in [0.4, 0.5) is 5.69 Å². The Labute approximate surface area is 209 Å². The summed E-state index contributed by atoms with van der Waals surface area (Å²) in [7, 11) is 1.73. The number of aryl methyl sites for hydroxylation is 1. The SMILES string of the molecule is C[C@@H]1CN(c2cc(=O)n(C)c3cn(CC#N)nc23)[C@@H](C)CN1[C@H](C)c1ccc2ncc(CO)nc2c1. The molecular weight excluding hydrogens is 456 g/mol. The fourth-order valence-corrected chi connectivity index (χ4v) is 5.24. The van der Waals surface area contributed by atoms with Crippen LogP contribution in [0.3, 0.4) is 0 Å². The number of nitriles is 1. The van der Waals surface area contributed by atoms with E-state index < -0.39 is 0 Å². The van der Waals surface area contributed by atoms with E-state index in [1.54, 1.807) is 34.8 Å². The highest BCUT2D eigenvalue weighted by Crippen LogP contribution is 2.33. The molecule has 0 unspecified atom stereocenters. The minimum atomic E-state index is -0.135. The van der Waals surface area contributed by atoms with Gasteiger partial charge in [0.1, 0.15) is 12.1 Å². The highest BCUT2D eigenvalue weighted by Gasteiger charge is 2.34. The number of pyridine rings is 1. The zero-order valence-electron chi connectivity index (χ0n) is 21.0. The van der Waals surface area contributed by atoms with Crippen molar-refractivity contribution in [3.05, 3.63) is 58.3 Å². The second kappa shape index (κ2) is 9.33. The van der Waals surface area contributed by atoms with E-state index in [0.717, 1.165) is 46.4 Å². The Kier molecular flexibility index (Phi) is 6.20. The van der Waals surface area contributed by atoms with Gasteiger partial charge in [0.15, 0.2) is 0 Å². The van der Waals surface area contributed by atoms with Crippen LogP contribution in [0, 0.1) is 11.3 Å². The standard InChI is InChI=1S/C26H30N8O2/c1-16-13-34(23-10-25(36)31(4)24-14-32(8-7-27)30-26(23)24)17(2)12-33(16)18(3)19-5-6-21-22(9-19)29-20(15-35)11-28-21/h5-6,9-11,14,16-18,35H,8,12-13,15H2,1-4H3/t16-,17+,18-/m1/s1. The van der Waals surface area contributed by atoms with Crippen LogP contribution < -0.4 is 10.5 Å². The molecule has 0 radical (unpaired) electrons. The van der Waals surface area contributed by atoms with Crippen LogP contribution in [-0.4, -0.2) is 59.5 Å². The number of nitrogens with zero attached hydrogens (tertiary/aromatic N) is 8. The van der Waals surface area contributed by atoms with E-state index in [1.807, 2.05) is 6.07 Å². The third-order valence-corrected chi connectivity index (χ3v) is 7.27. The third-order valence-electron chi connectivity index (χ3n) is 7.27. The van der Waals surface area contributed by atoms with Crippen LogP contribution in [0.15, 0.2) is 41.5 Å². The molecule has 4 heterocycles. The second-order valence-corrected chi connectivity index (χ2v) is 9.64. The number of benzene rings is 1. The van der Waals surface area contributed by atoms with Gasteiger partial charge in [-0.15, -0.1) is 0 Å². The van der Waals surface area contributed by atoms with E-state index >= 15 is 0 Å². The van der Waals surface area contributed by atoms with Crippen molar-refractivity contribution in [3.63, 3.8) is 0 Å². The Bertz CT molecular complexity index is 1540. The molecule has 1 fully saturated rings. The molecule has 4 aromatic rings. The average Bonchev–Trinajstić information content (AvgIpc) is 3.30. The Morgan fingerprint density at radius 1 is 1.19 bits per heavy atom. The van der Waals surface area contributed by atoms with Crippen LogP contribution in [-0.2, 0) is 20.2 Å². The zero-order valence-corrected chi connectivity index (χ0v) is 21.0. The lowest BCUT2D eigenvalue weighted by atomic mass is 9.99. The van der Waals surface area contributed by atoms with Gasteiger partial charge in [-0.1, -0.05) is 6.07 Å². The van der Waals surface area contributed by atoms with Crippen LogP contribution in [0.2, 0.25) is 0 Å². The zero-order chi connectivity index (χ0) is 25.6. The Morgan fingerprint density at radius 3 is 2.75 bits per heavy atom. The molecule has 0 bridgehead atoms. The van der Waals surface area contributed by atoms with Crippen molar-refractivity contribution < 1.29 is 5.11 Å². The molecule has 36 heavy (non-hydrogen) atoms. The van der Waals surface area contributed by atoms with Gasteiger partial charge in [-0.2, -0.15) is 10.4 Å². The van der Waals surface area contributed by atoms with Crippen LogP contribution in [0.5, 0.6) is 0 Å². The lowest BCUT2D eigenvalue weighted by Crippen LogP contribution is -2.57. The summed E-state index contributed by atoms with van der Waals surface area (Å²) in [4.78, 5) is 26.4. The topological polar surface area (TPSA) is 116 Å². The summed E-state index contributed by atoms with van der Waals surface area (Å²) in [6.07, 6.45) is 3.37. The number of fused-ring (bicyclic) bond motifs is 2. The van der Waals surface area contributed by atoms with E-state index in [0.29, 0.717) is 5.69 Å². The maximum absolute atomic E-state index is 12.8. The molecule has 0 amide bonds. The summed E-state index contributed by atoms with van der Waals surface area (Å²) in [5.74, 6) is 0. The fourth-order valence-electron chi connectivity index (χ4n) is 5.24. The minimum absolute atomic E-state index is 0.0934. The largest absolute Gasteiger partial charge is 0.390 e. The maximum Gasteiger partial charge on any atom is 0.252 e. The predicted octanol–water partition coefficient (Wildman–Crippen LogP) is 2.35. The molecule has 10 nitrogen and oxygen atoms in total. The minimum Gasteiger partial charge on any atom is -0.390 e. The van der Waals surface area contributed by atoms with Gasteiger partial charge in [0, 0.05) is 44.3 Å². The van der Waals surface area contributed by atoms with Gasteiger partial charge in [0.05, 0.1) is 53.0 Å². The number of aliphatic hydroxyl groups is 1. The van der Waals surface area contributed by atoms with E-state index in [9.17, 15) is 9.90 Å². The molecule has 0 spiro atoms. The summed E-state index contributed by atoms with van der Waals surface area (Å²) >= 11 is 0. The van der Waals surface area contributed by atoms with Crippen molar-refractivity contribution in [2.24, 2.45) is 7.05 Å². The number of aromatic nitrogens is 5. The van der Waals surface area contributed by atoms with Gasteiger partial charge in [-0.05, 0) is 38.5 Å². The number of aliphatic hydroxyl groups excluding tert-OH is 1. The van der Waals surface area contributed by atoms with Gasteiger partial charge in [0.2, 0.25) is 0 Å². The smallest absolute Gasteiger partial charge is 0.252 e. The van der Waals surface area contributed by atoms with Crippen LogP contribution in [0.25, 0.3) is 22.1 Å². The van der Waals surface area contributed by atoms with E-state index in [-0.39, 0.29) is 36.8 Å². The molecule has 3 atom stereocenters. The molecule has 186 valence electrons. The number of hydrogen-bond donors (Lipinski definition) is 1. The molecule has 10 heteroatoms. The molecule has 1 aliphatic heterocycles. The molecule has 3 aromatic heterocycles. The summed E-state index contributed by atoms with van der Waals surface area (Å²) in [6.45, 7) is 8.11. The van der Waals surface area contributed by atoms with Crippen molar-refractivity contribution in [1.29, 1.82) is 5.26 Å². The Balaban J connectivity index is 1.44. The Morgan fingerprint density at radius 2 is 2.00 bits per heavy atom. The molecule has 5 rings (SSSR count). The highest BCUT2D eigenvalue weighted by molar-refractivity contribution is 5.88. The molecule has 0 aliphatic carbocycles. The van der Waals surface area contributed by atoms with Crippen LogP contribution in [0.1, 0.15) is 38.1 Å². The summed E-state index contributed by atoms with van der Waals surface area (Å²) in [5, 5.41) is 23.2. The quantitative estimate of drug-likeness (QED) is 0.457. The normalized spacial score (nSPS) is 19.6. The van der Waals surface area contributed by atoms with Crippen molar-refractivity contribution >= 4 is 27.8 Å². The first kappa shape index (κ1) is 23.9. The van der Waals surface area contributed by atoms with Gasteiger partial charge in [0.25, 0.3) is 5.56 Å². The molecule has 1 N–H and O–H groups in total. The van der Waals surface area contributed by atoms with Crippen molar-refractivity contribution in [1.82, 2.24) is 29.2 Å². The molecule has 1 aliphatic rings. The van der Waals surface area contributed by atoms with Gasteiger partial charge >= 0.3 is 0 Å². The number of hydrogen-bond acceptors (Lipinski definition) is 8. The first-order valence-corrected chi connectivity index (χ1v) is 12.1. The molecule has 1 saturated heterocycles. The predicted molar refractivity (Wildman–Crippen MR) is 137 cm³/mol. The van der Waals surface area contributed by atoms with Crippen molar-refractivity contribution in [2.45, 2.75) is 52.0 Å².